The van der Waals surface area contributed by atoms with Gasteiger partial charge < -0.3 is 14.7 Å². The van der Waals surface area contributed by atoms with Gasteiger partial charge in [0.2, 0.25) is 11.8 Å². The molecule has 2 aliphatic rings. The number of amides is 1. The SMILES string of the molecule is COc1cccc(CC(=O)N2C[C@H]3CC2c2c(O)n(-c4cccc5ccccc45)c(=O)n23)c1. The van der Waals surface area contributed by atoms with Crippen molar-refractivity contribution < 1.29 is 14.6 Å². The van der Waals surface area contributed by atoms with Crippen LogP contribution in [-0.4, -0.2) is 38.7 Å². The topological polar surface area (TPSA) is 76.7 Å². The molecule has 2 aliphatic heterocycles. The van der Waals surface area contributed by atoms with Crippen molar-refractivity contribution >= 4 is 16.7 Å². The van der Waals surface area contributed by atoms with E-state index in [1.54, 1.807) is 16.6 Å². The van der Waals surface area contributed by atoms with Crippen LogP contribution in [0.25, 0.3) is 16.5 Å². The summed E-state index contributed by atoms with van der Waals surface area (Å²) in [7, 11) is 1.60. The summed E-state index contributed by atoms with van der Waals surface area (Å²) in [5.41, 5.74) is 1.79. The van der Waals surface area contributed by atoms with Gasteiger partial charge in [0, 0.05) is 11.9 Å². The number of nitrogens with zero attached hydrogens (tertiary/aromatic N) is 3. The Morgan fingerprint density at radius 3 is 2.73 bits per heavy atom. The Labute approximate surface area is 190 Å². The number of methoxy groups -OCH3 is 1. The first-order valence-electron chi connectivity index (χ1n) is 11.0. The maximum absolute atomic E-state index is 13.4. The summed E-state index contributed by atoms with van der Waals surface area (Å²) in [6.45, 7) is 0.472. The summed E-state index contributed by atoms with van der Waals surface area (Å²) < 4.78 is 8.32. The molecule has 0 radical (unpaired) electrons. The fraction of sp³-hybridized carbons (Fsp3) is 0.231. The first-order valence-corrected chi connectivity index (χ1v) is 11.0. The number of carbonyl (C=O) groups excluding carboxylic acids is 1. The number of carbonyl (C=O) groups is 1. The Balaban J connectivity index is 1.37. The summed E-state index contributed by atoms with van der Waals surface area (Å²) in [4.78, 5) is 28.4. The number of rotatable bonds is 4. The van der Waals surface area contributed by atoms with Gasteiger partial charge in [0.1, 0.15) is 11.4 Å². The monoisotopic (exact) mass is 441 g/mol. The molecule has 4 aromatic rings. The van der Waals surface area contributed by atoms with Crippen LogP contribution in [0.1, 0.15) is 29.8 Å². The average Bonchev–Trinajstić information content (AvgIpc) is 3.50. The summed E-state index contributed by atoms with van der Waals surface area (Å²) in [6, 6.07) is 20.5. The van der Waals surface area contributed by atoms with E-state index in [9.17, 15) is 14.7 Å². The van der Waals surface area contributed by atoms with E-state index >= 15 is 0 Å². The van der Waals surface area contributed by atoms with Crippen LogP contribution in [0, 0.1) is 0 Å². The molecule has 7 heteroatoms. The molecule has 0 aliphatic carbocycles. The van der Waals surface area contributed by atoms with Crippen LogP contribution >= 0.6 is 0 Å². The standard InChI is InChI=1S/C26H23N3O4/c1-33-19-9-4-6-16(12-19)13-23(30)27-15-18-14-22(27)24-25(31)29(26(32)28(18)24)21-11-5-8-17-7-2-3-10-20(17)21/h2-12,18,22,31H,13-15H2,1H3/t18-,22?/m1/s1. The minimum absolute atomic E-state index is 0.0215. The predicted octanol–water partition coefficient (Wildman–Crippen LogP) is 3.58. The zero-order chi connectivity index (χ0) is 22.7. The normalized spacial score (nSPS) is 18.6. The van der Waals surface area contributed by atoms with Crippen LogP contribution in [0.15, 0.2) is 71.5 Å². The third-order valence-electron chi connectivity index (χ3n) is 6.87. The van der Waals surface area contributed by atoms with Crippen molar-refractivity contribution in [2.24, 2.45) is 0 Å². The minimum atomic E-state index is -0.308. The van der Waals surface area contributed by atoms with Gasteiger partial charge in [-0.1, -0.05) is 48.5 Å². The number of aromatic hydroxyl groups is 1. The van der Waals surface area contributed by atoms with E-state index in [0.717, 1.165) is 16.3 Å². The van der Waals surface area contributed by atoms with E-state index in [1.165, 1.54) is 4.57 Å². The van der Waals surface area contributed by atoms with E-state index in [4.69, 9.17) is 4.74 Å². The maximum atomic E-state index is 13.4. The second-order valence-electron chi connectivity index (χ2n) is 8.67. The van der Waals surface area contributed by atoms with Crippen molar-refractivity contribution in [1.82, 2.24) is 14.0 Å². The van der Waals surface area contributed by atoms with Crippen molar-refractivity contribution in [3.63, 3.8) is 0 Å². The summed E-state index contributed by atoms with van der Waals surface area (Å²) in [6.07, 6.45) is 0.897. The molecule has 1 saturated heterocycles. The molecule has 166 valence electrons. The lowest BCUT2D eigenvalue weighted by Crippen LogP contribution is -2.38. The Bertz CT molecular complexity index is 1460. The van der Waals surface area contributed by atoms with Gasteiger partial charge in [0.25, 0.3) is 0 Å². The molecule has 1 amide bonds. The molecule has 1 fully saturated rings. The fourth-order valence-corrected chi connectivity index (χ4v) is 5.40. The molecule has 1 unspecified atom stereocenters. The van der Waals surface area contributed by atoms with Crippen LogP contribution in [-0.2, 0) is 11.2 Å². The molecule has 0 saturated carbocycles. The molecule has 7 nitrogen and oxygen atoms in total. The van der Waals surface area contributed by atoms with E-state index in [2.05, 4.69) is 0 Å². The molecule has 6 rings (SSSR count). The zero-order valence-electron chi connectivity index (χ0n) is 18.1. The lowest BCUT2D eigenvalue weighted by molar-refractivity contribution is -0.132. The Hall–Kier alpha value is -4.00. The second-order valence-corrected chi connectivity index (χ2v) is 8.67. The molecule has 3 aromatic carbocycles. The van der Waals surface area contributed by atoms with E-state index in [1.807, 2.05) is 66.7 Å². The summed E-state index contributed by atoms with van der Waals surface area (Å²) >= 11 is 0. The fourth-order valence-electron chi connectivity index (χ4n) is 5.40. The first kappa shape index (κ1) is 19.7. The highest BCUT2D eigenvalue weighted by Crippen LogP contribution is 2.49. The first-order chi connectivity index (χ1) is 16.1. The van der Waals surface area contributed by atoms with Gasteiger partial charge in [-0.2, -0.15) is 0 Å². The number of hydrogen-bond acceptors (Lipinski definition) is 4. The number of aromatic nitrogens is 2. The molecule has 2 bridgehead atoms. The Kier molecular flexibility index (Phi) is 4.33. The van der Waals surface area contributed by atoms with E-state index in [0.29, 0.717) is 30.1 Å². The molecule has 33 heavy (non-hydrogen) atoms. The highest BCUT2D eigenvalue weighted by atomic mass is 16.5. The molecule has 0 spiro atoms. The van der Waals surface area contributed by atoms with Crippen LogP contribution in [0.2, 0.25) is 0 Å². The van der Waals surface area contributed by atoms with Gasteiger partial charge in [0.05, 0.1) is 31.3 Å². The number of hydrogen-bond donors (Lipinski definition) is 1. The third kappa shape index (κ3) is 2.88. The van der Waals surface area contributed by atoms with Crippen molar-refractivity contribution in [3.05, 3.63) is 88.5 Å². The van der Waals surface area contributed by atoms with Gasteiger partial charge >= 0.3 is 5.69 Å². The largest absolute Gasteiger partial charge is 0.497 e. The van der Waals surface area contributed by atoms with Gasteiger partial charge in [-0.05, 0) is 35.6 Å². The van der Waals surface area contributed by atoms with E-state index in [-0.39, 0.29) is 36.0 Å². The van der Waals surface area contributed by atoms with Crippen molar-refractivity contribution in [2.45, 2.75) is 24.9 Å². The Morgan fingerprint density at radius 2 is 1.88 bits per heavy atom. The van der Waals surface area contributed by atoms with Gasteiger partial charge in [0.15, 0.2) is 0 Å². The lowest BCUT2D eigenvalue weighted by Gasteiger charge is -2.27. The van der Waals surface area contributed by atoms with E-state index < -0.39 is 0 Å². The van der Waals surface area contributed by atoms with Crippen LogP contribution in [0.4, 0.5) is 0 Å². The number of benzene rings is 3. The maximum Gasteiger partial charge on any atom is 0.336 e. The third-order valence-corrected chi connectivity index (χ3v) is 6.87. The second kappa shape index (κ2) is 7.27. The van der Waals surface area contributed by atoms with Crippen molar-refractivity contribution in [2.75, 3.05) is 13.7 Å². The van der Waals surface area contributed by atoms with Gasteiger partial charge in [-0.15, -0.1) is 0 Å². The summed E-state index contributed by atoms with van der Waals surface area (Å²) in [5.74, 6) is 0.608. The van der Waals surface area contributed by atoms with Gasteiger partial charge in [-0.3, -0.25) is 9.36 Å². The number of ether oxygens (including phenoxy) is 1. The highest BCUT2D eigenvalue weighted by Gasteiger charge is 2.49. The molecule has 3 heterocycles. The minimum Gasteiger partial charge on any atom is -0.497 e. The molecule has 1 aromatic heterocycles. The lowest BCUT2D eigenvalue weighted by atomic mass is 10.1. The number of fused-ring (bicyclic) bond motifs is 6. The smallest absolute Gasteiger partial charge is 0.336 e. The summed E-state index contributed by atoms with van der Waals surface area (Å²) in [5, 5.41) is 13.1. The van der Waals surface area contributed by atoms with Crippen molar-refractivity contribution in [3.8, 4) is 17.3 Å². The zero-order valence-corrected chi connectivity index (χ0v) is 18.1. The van der Waals surface area contributed by atoms with Crippen LogP contribution < -0.4 is 10.4 Å². The predicted molar refractivity (Wildman–Crippen MR) is 124 cm³/mol. The molecule has 1 N–H and O–H groups in total. The van der Waals surface area contributed by atoms with Crippen LogP contribution in [0.3, 0.4) is 0 Å². The Morgan fingerprint density at radius 1 is 1.09 bits per heavy atom. The molecular weight excluding hydrogens is 418 g/mol. The van der Waals surface area contributed by atoms with Crippen LogP contribution in [0.5, 0.6) is 11.6 Å². The molecular formula is C26H23N3O4. The number of likely N-dealkylation sites (tertiary alicyclic amines) is 1. The number of imidazole rings is 1. The van der Waals surface area contributed by atoms with Gasteiger partial charge in [-0.25, -0.2) is 9.36 Å². The van der Waals surface area contributed by atoms with Crippen molar-refractivity contribution in [1.29, 1.82) is 0 Å². The highest BCUT2D eigenvalue weighted by molar-refractivity contribution is 5.90. The quantitative estimate of drug-likeness (QED) is 0.525. The molecule has 2 atom stereocenters. The average molecular weight is 441 g/mol.